The predicted molar refractivity (Wildman–Crippen MR) is 108 cm³/mol. The lowest BCUT2D eigenvalue weighted by Crippen LogP contribution is -2.47. The number of nitrogens with zero attached hydrogens (tertiary/aromatic N) is 3. The second kappa shape index (κ2) is 8.82. The van der Waals surface area contributed by atoms with E-state index in [1.807, 2.05) is 17.0 Å². The normalized spacial score (nSPS) is 14.9. The van der Waals surface area contributed by atoms with E-state index in [4.69, 9.17) is 11.6 Å². The van der Waals surface area contributed by atoms with Crippen LogP contribution < -0.4 is 5.32 Å². The van der Waals surface area contributed by atoms with Crippen LogP contribution in [0.3, 0.4) is 0 Å². The fourth-order valence-electron chi connectivity index (χ4n) is 2.82. The molecule has 8 heteroatoms. The van der Waals surface area contributed by atoms with Gasteiger partial charge in [0, 0.05) is 49.0 Å². The highest BCUT2D eigenvalue weighted by molar-refractivity contribution is 9.10. The number of hydrogen-bond donors (Lipinski definition) is 1. The van der Waals surface area contributed by atoms with Crippen molar-refractivity contribution in [3.63, 3.8) is 0 Å². The molecule has 142 valence electrons. The van der Waals surface area contributed by atoms with Crippen LogP contribution in [0.4, 0.5) is 0 Å². The van der Waals surface area contributed by atoms with E-state index in [1.165, 1.54) is 6.20 Å². The van der Waals surface area contributed by atoms with Gasteiger partial charge in [-0.05, 0) is 46.7 Å². The van der Waals surface area contributed by atoms with E-state index in [1.54, 1.807) is 18.2 Å². The summed E-state index contributed by atoms with van der Waals surface area (Å²) >= 11 is 9.25. The molecule has 0 atom stereocenters. The third kappa shape index (κ3) is 5.06. The first-order valence-corrected chi connectivity index (χ1v) is 9.77. The Balaban J connectivity index is 1.58. The first-order valence-electron chi connectivity index (χ1n) is 8.60. The van der Waals surface area contributed by atoms with Crippen LogP contribution in [0.5, 0.6) is 0 Å². The molecule has 0 unspecified atom stereocenters. The van der Waals surface area contributed by atoms with Crippen LogP contribution in [0.1, 0.15) is 26.3 Å². The van der Waals surface area contributed by atoms with Crippen LogP contribution in [0, 0.1) is 0 Å². The molecule has 0 aliphatic carbocycles. The number of hydrogen-bond acceptors (Lipinski definition) is 4. The van der Waals surface area contributed by atoms with Crippen molar-refractivity contribution in [1.29, 1.82) is 0 Å². The molecule has 0 radical (unpaired) electrons. The average molecular weight is 452 g/mol. The molecule has 0 spiro atoms. The van der Waals surface area contributed by atoms with Crippen molar-refractivity contribution in [2.45, 2.75) is 6.54 Å². The number of nitrogens with one attached hydrogen (secondary N) is 1. The maximum atomic E-state index is 12.5. The summed E-state index contributed by atoms with van der Waals surface area (Å²) in [5.41, 5.74) is 1.87. The number of pyridine rings is 1. The molecule has 1 aromatic heterocycles. The fraction of sp³-hybridized carbons (Fsp3) is 0.316. The Kier molecular flexibility index (Phi) is 6.46. The maximum Gasteiger partial charge on any atom is 0.254 e. The third-order valence-electron chi connectivity index (χ3n) is 4.49. The molecule has 0 saturated carbocycles. The van der Waals surface area contributed by atoms with E-state index < -0.39 is 0 Å². The van der Waals surface area contributed by atoms with E-state index in [0.717, 1.165) is 31.7 Å². The van der Waals surface area contributed by atoms with Gasteiger partial charge in [0.25, 0.3) is 11.8 Å². The van der Waals surface area contributed by atoms with Gasteiger partial charge in [0.05, 0.1) is 5.56 Å². The number of amides is 2. The Bertz CT molecular complexity index is 836. The monoisotopic (exact) mass is 450 g/mol. The summed E-state index contributed by atoms with van der Waals surface area (Å²) < 4.78 is 0.684. The van der Waals surface area contributed by atoms with Crippen molar-refractivity contribution in [2.24, 2.45) is 0 Å². The summed E-state index contributed by atoms with van der Waals surface area (Å²) in [6.45, 7) is 3.61. The van der Waals surface area contributed by atoms with Crippen molar-refractivity contribution in [1.82, 2.24) is 20.1 Å². The second-order valence-corrected chi connectivity index (χ2v) is 7.74. The molecule has 1 fully saturated rings. The number of halogens is 2. The van der Waals surface area contributed by atoms with Gasteiger partial charge in [-0.25, -0.2) is 4.98 Å². The fourth-order valence-corrected chi connectivity index (χ4v) is 3.34. The Hall–Kier alpha value is -1.96. The van der Waals surface area contributed by atoms with Crippen molar-refractivity contribution in [3.8, 4) is 0 Å². The second-order valence-electron chi connectivity index (χ2n) is 6.47. The lowest BCUT2D eigenvalue weighted by Gasteiger charge is -2.32. The van der Waals surface area contributed by atoms with Gasteiger partial charge in [0.15, 0.2) is 0 Å². The zero-order valence-electron chi connectivity index (χ0n) is 14.9. The van der Waals surface area contributed by atoms with Crippen LogP contribution in [-0.2, 0) is 6.54 Å². The molecule has 27 heavy (non-hydrogen) atoms. The average Bonchev–Trinajstić information content (AvgIpc) is 2.68. The Morgan fingerprint density at radius 2 is 1.85 bits per heavy atom. The third-order valence-corrected chi connectivity index (χ3v) is 5.23. The van der Waals surface area contributed by atoms with Gasteiger partial charge in [-0.1, -0.05) is 23.7 Å². The van der Waals surface area contributed by atoms with Gasteiger partial charge >= 0.3 is 0 Å². The molecule has 2 aromatic rings. The van der Waals surface area contributed by atoms with E-state index in [0.29, 0.717) is 22.1 Å². The highest BCUT2D eigenvalue weighted by atomic mass is 79.9. The SMILES string of the molecule is CN1CCN(C(=O)c2ccc(CNC(=O)c3cc(Br)cnc3Cl)cc2)CC1. The molecule has 6 nitrogen and oxygen atoms in total. The van der Waals surface area contributed by atoms with Crippen molar-refractivity contribution in [3.05, 3.63) is 62.8 Å². The Morgan fingerprint density at radius 3 is 2.52 bits per heavy atom. The zero-order valence-corrected chi connectivity index (χ0v) is 17.3. The minimum atomic E-state index is -0.300. The maximum absolute atomic E-state index is 12.5. The van der Waals surface area contributed by atoms with Crippen molar-refractivity contribution < 1.29 is 9.59 Å². The van der Waals surface area contributed by atoms with Crippen LogP contribution in [0.2, 0.25) is 5.15 Å². The number of aromatic nitrogens is 1. The largest absolute Gasteiger partial charge is 0.348 e. The van der Waals surface area contributed by atoms with Gasteiger partial charge in [0.2, 0.25) is 0 Å². The first kappa shape index (κ1) is 19.8. The number of piperazine rings is 1. The summed E-state index contributed by atoms with van der Waals surface area (Å²) in [6, 6.07) is 8.93. The van der Waals surface area contributed by atoms with Crippen LogP contribution in [-0.4, -0.2) is 59.8 Å². The number of likely N-dealkylation sites (N-methyl/N-ethyl adjacent to an activating group) is 1. The summed E-state index contributed by atoms with van der Waals surface area (Å²) in [4.78, 5) is 32.9. The minimum Gasteiger partial charge on any atom is -0.348 e. The van der Waals surface area contributed by atoms with E-state index in [2.05, 4.69) is 38.2 Å². The van der Waals surface area contributed by atoms with Crippen LogP contribution >= 0.6 is 27.5 Å². The summed E-state index contributed by atoms with van der Waals surface area (Å²) in [7, 11) is 2.06. The number of benzene rings is 1. The molecule has 2 amide bonds. The van der Waals surface area contributed by atoms with E-state index >= 15 is 0 Å². The molecule has 1 N–H and O–H groups in total. The highest BCUT2D eigenvalue weighted by Crippen LogP contribution is 2.18. The van der Waals surface area contributed by atoms with Gasteiger partial charge in [-0.3, -0.25) is 9.59 Å². The summed E-state index contributed by atoms with van der Waals surface area (Å²) in [5, 5.41) is 2.97. The van der Waals surface area contributed by atoms with Crippen molar-refractivity contribution >= 4 is 39.3 Å². The quantitative estimate of drug-likeness (QED) is 0.726. The number of rotatable bonds is 4. The molecular formula is C19H20BrClN4O2. The summed E-state index contributed by atoms with van der Waals surface area (Å²) in [6.07, 6.45) is 1.54. The zero-order chi connectivity index (χ0) is 19.4. The van der Waals surface area contributed by atoms with Gasteiger partial charge in [0.1, 0.15) is 5.15 Å². The van der Waals surface area contributed by atoms with Crippen LogP contribution in [0.15, 0.2) is 41.0 Å². The molecule has 2 heterocycles. The van der Waals surface area contributed by atoms with Gasteiger partial charge in [-0.15, -0.1) is 0 Å². The molecule has 0 bridgehead atoms. The number of carbonyl (C=O) groups excluding carboxylic acids is 2. The topological polar surface area (TPSA) is 65.5 Å². The lowest BCUT2D eigenvalue weighted by molar-refractivity contribution is 0.0664. The smallest absolute Gasteiger partial charge is 0.254 e. The number of carbonyl (C=O) groups is 2. The van der Waals surface area contributed by atoms with Gasteiger partial charge in [-0.2, -0.15) is 0 Å². The Morgan fingerprint density at radius 1 is 1.19 bits per heavy atom. The molecule has 1 aromatic carbocycles. The van der Waals surface area contributed by atoms with E-state index in [-0.39, 0.29) is 17.0 Å². The molecule has 1 saturated heterocycles. The van der Waals surface area contributed by atoms with Gasteiger partial charge < -0.3 is 15.1 Å². The van der Waals surface area contributed by atoms with Crippen LogP contribution in [0.25, 0.3) is 0 Å². The molecular weight excluding hydrogens is 432 g/mol. The van der Waals surface area contributed by atoms with Crippen molar-refractivity contribution in [2.75, 3.05) is 33.2 Å². The highest BCUT2D eigenvalue weighted by Gasteiger charge is 2.20. The molecule has 3 rings (SSSR count). The minimum absolute atomic E-state index is 0.0469. The Labute approximate surface area is 171 Å². The first-order chi connectivity index (χ1) is 12.9. The summed E-state index contributed by atoms with van der Waals surface area (Å²) in [5.74, 6) is -0.253. The predicted octanol–water partition coefficient (Wildman–Crippen LogP) is 2.82. The lowest BCUT2D eigenvalue weighted by atomic mass is 10.1. The molecule has 1 aliphatic heterocycles. The van der Waals surface area contributed by atoms with E-state index in [9.17, 15) is 9.59 Å². The standard InChI is InChI=1S/C19H20BrClN4O2/c1-24-6-8-25(9-7-24)19(27)14-4-2-13(3-5-14)11-23-18(26)16-10-15(20)12-22-17(16)21/h2-5,10,12H,6-9,11H2,1H3,(H,23,26). The molecule has 1 aliphatic rings.